The summed E-state index contributed by atoms with van der Waals surface area (Å²) >= 11 is 0. The van der Waals surface area contributed by atoms with Crippen LogP contribution in [0.15, 0.2) is 0 Å². The summed E-state index contributed by atoms with van der Waals surface area (Å²) in [6.45, 7) is 4.40. The predicted molar refractivity (Wildman–Crippen MR) is 82.2 cm³/mol. The van der Waals surface area contributed by atoms with Gasteiger partial charge in [-0.25, -0.2) is 0 Å². The van der Waals surface area contributed by atoms with Crippen LogP contribution in [0.2, 0.25) is 0 Å². The Bertz CT molecular complexity index is 373. The minimum absolute atomic E-state index is 0.00870. The van der Waals surface area contributed by atoms with E-state index < -0.39 is 10.2 Å². The van der Waals surface area contributed by atoms with Crippen molar-refractivity contribution in [2.45, 2.75) is 25.8 Å². The molecule has 21 heavy (non-hydrogen) atoms. The highest BCUT2D eigenvalue weighted by Crippen LogP contribution is 2.22. The van der Waals surface area contributed by atoms with Gasteiger partial charge in [0.2, 0.25) is 0 Å². The van der Waals surface area contributed by atoms with E-state index >= 15 is 0 Å². The van der Waals surface area contributed by atoms with E-state index in [0.29, 0.717) is 39.4 Å². The van der Waals surface area contributed by atoms with Crippen LogP contribution < -0.4 is 5.73 Å². The lowest BCUT2D eigenvalue weighted by Crippen LogP contribution is -2.51. The molecule has 126 valence electrons. The molecule has 1 saturated heterocycles. The average molecular weight is 323 g/mol. The fraction of sp³-hybridized carbons (Fsp3) is 1.00. The molecule has 1 aliphatic rings. The van der Waals surface area contributed by atoms with E-state index in [2.05, 4.69) is 0 Å². The van der Waals surface area contributed by atoms with Crippen molar-refractivity contribution in [3.8, 4) is 0 Å². The third kappa shape index (κ3) is 5.46. The summed E-state index contributed by atoms with van der Waals surface area (Å²) in [6.07, 6.45) is 1.84. The normalized spacial score (nSPS) is 22.6. The minimum atomic E-state index is -3.48. The van der Waals surface area contributed by atoms with Crippen LogP contribution in [-0.2, 0) is 19.7 Å². The number of hydrogen-bond acceptors (Lipinski definition) is 5. The highest BCUT2D eigenvalue weighted by atomic mass is 32.2. The zero-order valence-corrected chi connectivity index (χ0v) is 14.1. The van der Waals surface area contributed by atoms with Gasteiger partial charge in [-0.05, 0) is 25.7 Å². The van der Waals surface area contributed by atoms with Crippen molar-refractivity contribution < 1.29 is 17.9 Å². The lowest BCUT2D eigenvalue weighted by Gasteiger charge is -2.36. The molecule has 8 heteroatoms. The molecule has 1 heterocycles. The van der Waals surface area contributed by atoms with Crippen molar-refractivity contribution in [1.29, 1.82) is 0 Å². The van der Waals surface area contributed by atoms with Crippen LogP contribution in [0.5, 0.6) is 0 Å². The van der Waals surface area contributed by atoms with Gasteiger partial charge in [0, 0.05) is 46.4 Å². The largest absolute Gasteiger partial charge is 0.383 e. The van der Waals surface area contributed by atoms with Gasteiger partial charge in [-0.2, -0.15) is 17.0 Å². The second kappa shape index (κ2) is 9.02. The first-order chi connectivity index (χ1) is 9.93. The predicted octanol–water partition coefficient (Wildman–Crippen LogP) is -0.115. The summed E-state index contributed by atoms with van der Waals surface area (Å²) in [5.74, 6) is 0.222. The second-order valence-corrected chi connectivity index (χ2v) is 7.44. The molecule has 1 rings (SSSR count). The molecule has 2 unspecified atom stereocenters. The SMILES string of the molecule is COCCN(CCOC)S(=O)(=O)N1CCCC(C(C)N)C1. The summed E-state index contributed by atoms with van der Waals surface area (Å²) in [6, 6.07) is 0.00870. The van der Waals surface area contributed by atoms with Crippen molar-refractivity contribution >= 4 is 10.2 Å². The van der Waals surface area contributed by atoms with Gasteiger partial charge in [-0.15, -0.1) is 0 Å². The fourth-order valence-corrected chi connectivity index (χ4v) is 4.18. The van der Waals surface area contributed by atoms with E-state index in [4.69, 9.17) is 15.2 Å². The van der Waals surface area contributed by atoms with Crippen LogP contribution in [-0.4, -0.2) is 76.7 Å². The standard InChI is InChI=1S/C13H29N3O4S/c1-12(14)13-5-4-6-16(11-13)21(17,18)15(7-9-19-2)8-10-20-3/h12-13H,4-11,14H2,1-3H3. The van der Waals surface area contributed by atoms with Crippen LogP contribution in [0.3, 0.4) is 0 Å². The Morgan fingerprint density at radius 2 is 1.86 bits per heavy atom. The number of piperidine rings is 1. The topological polar surface area (TPSA) is 85.1 Å². The van der Waals surface area contributed by atoms with Crippen molar-refractivity contribution in [2.75, 3.05) is 53.6 Å². The highest BCUT2D eigenvalue weighted by molar-refractivity contribution is 7.86. The van der Waals surface area contributed by atoms with Crippen LogP contribution in [0.1, 0.15) is 19.8 Å². The molecule has 0 aliphatic carbocycles. The van der Waals surface area contributed by atoms with Crippen LogP contribution >= 0.6 is 0 Å². The third-order valence-corrected chi connectivity index (χ3v) is 5.91. The Morgan fingerprint density at radius 1 is 1.29 bits per heavy atom. The molecule has 0 spiro atoms. The number of nitrogens with zero attached hydrogens (tertiary/aromatic N) is 2. The maximum Gasteiger partial charge on any atom is 0.282 e. The van der Waals surface area contributed by atoms with Gasteiger partial charge in [0.15, 0.2) is 0 Å². The lowest BCUT2D eigenvalue weighted by atomic mass is 9.93. The molecule has 2 N–H and O–H groups in total. The Balaban J connectivity index is 2.77. The quantitative estimate of drug-likeness (QED) is 0.640. The fourth-order valence-electron chi connectivity index (χ4n) is 2.50. The average Bonchev–Trinajstić information content (AvgIpc) is 2.47. The van der Waals surface area contributed by atoms with Gasteiger partial charge in [0.1, 0.15) is 0 Å². The molecule has 0 saturated carbocycles. The molecule has 1 aliphatic heterocycles. The molecule has 7 nitrogen and oxygen atoms in total. The highest BCUT2D eigenvalue weighted by Gasteiger charge is 2.34. The Hall–Kier alpha value is -0.250. The maximum atomic E-state index is 12.8. The van der Waals surface area contributed by atoms with Gasteiger partial charge >= 0.3 is 0 Å². The summed E-state index contributed by atoms with van der Waals surface area (Å²) in [7, 11) is -0.357. The van der Waals surface area contributed by atoms with Crippen molar-refractivity contribution in [1.82, 2.24) is 8.61 Å². The zero-order valence-electron chi connectivity index (χ0n) is 13.3. The number of nitrogens with two attached hydrogens (primary N) is 1. The first kappa shape index (κ1) is 18.8. The molecule has 0 aromatic carbocycles. The van der Waals surface area contributed by atoms with Crippen LogP contribution in [0, 0.1) is 5.92 Å². The summed E-state index contributed by atoms with van der Waals surface area (Å²) in [5.41, 5.74) is 5.93. The van der Waals surface area contributed by atoms with Gasteiger partial charge in [0.25, 0.3) is 10.2 Å². The smallest absolute Gasteiger partial charge is 0.282 e. The van der Waals surface area contributed by atoms with Gasteiger partial charge in [0.05, 0.1) is 13.2 Å². The number of hydrogen-bond donors (Lipinski definition) is 1. The van der Waals surface area contributed by atoms with E-state index in [-0.39, 0.29) is 12.0 Å². The molecular weight excluding hydrogens is 294 g/mol. The van der Waals surface area contributed by atoms with Crippen LogP contribution in [0.4, 0.5) is 0 Å². The number of ether oxygens (including phenoxy) is 2. The van der Waals surface area contributed by atoms with Crippen molar-refractivity contribution in [3.05, 3.63) is 0 Å². The minimum Gasteiger partial charge on any atom is -0.383 e. The Labute approximate surface area is 128 Å². The second-order valence-electron chi connectivity index (χ2n) is 5.51. The summed E-state index contributed by atoms with van der Waals surface area (Å²) in [4.78, 5) is 0. The van der Waals surface area contributed by atoms with Crippen LogP contribution in [0.25, 0.3) is 0 Å². The van der Waals surface area contributed by atoms with Gasteiger partial charge in [-0.1, -0.05) is 0 Å². The van der Waals surface area contributed by atoms with E-state index in [1.165, 1.54) is 4.31 Å². The van der Waals surface area contributed by atoms with E-state index in [1.807, 2.05) is 6.92 Å². The molecular formula is C13H29N3O4S. The maximum absolute atomic E-state index is 12.8. The monoisotopic (exact) mass is 323 g/mol. The molecule has 0 aromatic rings. The summed E-state index contributed by atoms with van der Waals surface area (Å²) < 4.78 is 38.5. The Morgan fingerprint density at radius 3 is 2.33 bits per heavy atom. The summed E-state index contributed by atoms with van der Waals surface area (Å²) in [5, 5.41) is 0. The molecule has 2 atom stereocenters. The molecule has 0 amide bonds. The molecule has 1 fully saturated rings. The number of methoxy groups -OCH3 is 2. The van der Waals surface area contributed by atoms with Crippen molar-refractivity contribution in [3.63, 3.8) is 0 Å². The molecule has 0 radical (unpaired) electrons. The van der Waals surface area contributed by atoms with E-state index in [1.54, 1.807) is 18.5 Å². The van der Waals surface area contributed by atoms with Gasteiger partial charge < -0.3 is 15.2 Å². The number of rotatable bonds is 9. The molecule has 0 bridgehead atoms. The van der Waals surface area contributed by atoms with Gasteiger partial charge in [-0.3, -0.25) is 0 Å². The Kier molecular flexibility index (Phi) is 8.07. The van der Waals surface area contributed by atoms with E-state index in [9.17, 15) is 8.42 Å². The van der Waals surface area contributed by atoms with E-state index in [0.717, 1.165) is 12.8 Å². The third-order valence-electron chi connectivity index (χ3n) is 3.91. The van der Waals surface area contributed by atoms with Crippen molar-refractivity contribution in [2.24, 2.45) is 11.7 Å². The first-order valence-corrected chi connectivity index (χ1v) is 8.81. The lowest BCUT2D eigenvalue weighted by molar-refractivity contribution is 0.143. The zero-order chi connectivity index (χ0) is 15.9. The molecule has 0 aromatic heterocycles. The first-order valence-electron chi connectivity index (χ1n) is 7.42.